The van der Waals surface area contributed by atoms with Gasteiger partial charge in [-0.05, 0) is 13.8 Å². The smallest absolute Gasteiger partial charge is 0.321 e. The molecule has 1 aliphatic rings. The average Bonchev–Trinajstić information content (AvgIpc) is 2.38. The first-order valence-electron chi connectivity index (χ1n) is 6.92. The van der Waals surface area contributed by atoms with Gasteiger partial charge in [-0.25, -0.2) is 4.79 Å². The van der Waals surface area contributed by atoms with Gasteiger partial charge in [-0.1, -0.05) is 0 Å². The topological polar surface area (TPSA) is 98.7 Å². The Hall–Kier alpha value is -1.28. The summed E-state index contributed by atoms with van der Waals surface area (Å²) in [6, 6.07) is -0.576. The molecule has 0 atom stereocenters. The number of hydrogen-bond acceptors (Lipinski definition) is 5. The first kappa shape index (κ1) is 17.8. The van der Waals surface area contributed by atoms with Gasteiger partial charge in [-0.3, -0.25) is 19.8 Å². The number of carbonyl (C=O) groups excluding carboxylic acids is 2. The minimum absolute atomic E-state index is 0.237. The predicted molar refractivity (Wildman–Crippen MR) is 81.3 cm³/mol. The maximum atomic E-state index is 11.6. The first-order chi connectivity index (χ1) is 9.81. The van der Waals surface area contributed by atoms with Crippen LogP contribution in [0.4, 0.5) is 4.79 Å². The Bertz CT molecular complexity index is 395. The molecule has 0 aromatic heterocycles. The van der Waals surface area contributed by atoms with Gasteiger partial charge in [-0.2, -0.15) is 11.8 Å². The number of carboxylic acids is 1. The van der Waals surface area contributed by atoms with Gasteiger partial charge in [0.25, 0.3) is 0 Å². The van der Waals surface area contributed by atoms with Crippen molar-refractivity contribution in [3.05, 3.63) is 0 Å². The molecule has 0 aliphatic carbocycles. The van der Waals surface area contributed by atoms with Crippen LogP contribution < -0.4 is 10.6 Å². The van der Waals surface area contributed by atoms with Gasteiger partial charge in [-0.15, -0.1) is 0 Å². The van der Waals surface area contributed by atoms with Gasteiger partial charge in [0.05, 0.1) is 5.41 Å². The number of imide groups is 1. The number of nitrogens with one attached hydrogen (secondary N) is 2. The molecule has 1 saturated heterocycles. The molecular formula is C13H23N3O4S. The number of aliphatic carboxylic acids is 1. The lowest BCUT2D eigenvalue weighted by Crippen LogP contribution is -2.45. The van der Waals surface area contributed by atoms with E-state index in [0.29, 0.717) is 6.54 Å². The monoisotopic (exact) mass is 317 g/mol. The number of hydrogen-bond donors (Lipinski definition) is 3. The van der Waals surface area contributed by atoms with Crippen LogP contribution in [-0.2, 0) is 9.59 Å². The van der Waals surface area contributed by atoms with Gasteiger partial charge in [0.15, 0.2) is 0 Å². The first-order valence-corrected chi connectivity index (χ1v) is 8.08. The van der Waals surface area contributed by atoms with Crippen molar-refractivity contribution in [2.45, 2.75) is 20.3 Å². The second-order valence-corrected chi connectivity index (χ2v) is 6.85. The van der Waals surface area contributed by atoms with Crippen LogP contribution in [0.2, 0.25) is 0 Å². The van der Waals surface area contributed by atoms with Gasteiger partial charge < -0.3 is 10.4 Å². The van der Waals surface area contributed by atoms with Crippen LogP contribution in [0, 0.1) is 5.41 Å². The van der Waals surface area contributed by atoms with E-state index in [1.54, 1.807) is 0 Å². The van der Waals surface area contributed by atoms with Crippen molar-refractivity contribution in [2.24, 2.45) is 5.41 Å². The highest BCUT2D eigenvalue weighted by molar-refractivity contribution is 7.99. The van der Waals surface area contributed by atoms with Crippen LogP contribution in [0.1, 0.15) is 20.3 Å². The van der Waals surface area contributed by atoms with E-state index < -0.39 is 23.3 Å². The van der Waals surface area contributed by atoms with Crippen LogP contribution in [0.25, 0.3) is 0 Å². The van der Waals surface area contributed by atoms with Crippen molar-refractivity contribution in [1.29, 1.82) is 0 Å². The Morgan fingerprint density at radius 3 is 2.43 bits per heavy atom. The fourth-order valence-corrected chi connectivity index (χ4v) is 2.82. The molecular weight excluding hydrogens is 294 g/mol. The van der Waals surface area contributed by atoms with Crippen molar-refractivity contribution in [3.8, 4) is 0 Å². The summed E-state index contributed by atoms with van der Waals surface area (Å²) in [6.07, 6.45) is -0.237. The third kappa shape index (κ3) is 6.81. The van der Waals surface area contributed by atoms with Gasteiger partial charge >= 0.3 is 12.0 Å². The summed E-state index contributed by atoms with van der Waals surface area (Å²) < 4.78 is 0. The predicted octanol–water partition coefficient (Wildman–Crippen LogP) is 0.362. The van der Waals surface area contributed by atoms with E-state index in [1.807, 2.05) is 11.8 Å². The summed E-state index contributed by atoms with van der Waals surface area (Å²) in [6.45, 7) is 6.14. The van der Waals surface area contributed by atoms with Crippen molar-refractivity contribution in [2.75, 3.05) is 37.7 Å². The van der Waals surface area contributed by atoms with Crippen LogP contribution >= 0.6 is 11.8 Å². The molecule has 0 saturated carbocycles. The third-order valence-electron chi connectivity index (χ3n) is 3.25. The Balaban J connectivity index is 2.20. The molecule has 8 heteroatoms. The third-order valence-corrected chi connectivity index (χ3v) is 4.19. The largest absolute Gasteiger partial charge is 0.481 e. The minimum Gasteiger partial charge on any atom is -0.481 e. The quantitative estimate of drug-likeness (QED) is 0.654. The standard InChI is InChI=1S/C13H23N3O4S/c1-13(2,11(18)19)9-10(17)15-12(20)14-3-4-16-5-7-21-8-6-16/h3-9H2,1-2H3,(H,18,19)(H2,14,15,17,20). The van der Waals surface area contributed by atoms with E-state index in [4.69, 9.17) is 5.11 Å². The Labute approximate surface area is 128 Å². The summed E-state index contributed by atoms with van der Waals surface area (Å²) >= 11 is 1.92. The lowest BCUT2D eigenvalue weighted by atomic mass is 9.89. The normalized spacial score (nSPS) is 16.3. The summed E-state index contributed by atoms with van der Waals surface area (Å²) in [5.41, 5.74) is -1.18. The number of amides is 3. The molecule has 1 aliphatic heterocycles. The average molecular weight is 317 g/mol. The lowest BCUT2D eigenvalue weighted by Gasteiger charge is -2.26. The summed E-state index contributed by atoms with van der Waals surface area (Å²) in [5.74, 6) is 0.555. The zero-order valence-electron chi connectivity index (χ0n) is 12.5. The van der Waals surface area contributed by atoms with Crippen LogP contribution in [-0.4, -0.2) is 65.6 Å². The van der Waals surface area contributed by atoms with Crippen molar-refractivity contribution in [3.63, 3.8) is 0 Å². The maximum absolute atomic E-state index is 11.6. The molecule has 21 heavy (non-hydrogen) atoms. The highest BCUT2D eigenvalue weighted by Crippen LogP contribution is 2.19. The fraction of sp³-hybridized carbons (Fsp3) is 0.769. The van der Waals surface area contributed by atoms with Crippen LogP contribution in [0.15, 0.2) is 0 Å². The number of thioether (sulfide) groups is 1. The van der Waals surface area contributed by atoms with Gasteiger partial charge in [0, 0.05) is 44.1 Å². The van der Waals surface area contributed by atoms with E-state index >= 15 is 0 Å². The molecule has 1 rings (SSSR count). The fourth-order valence-electron chi connectivity index (χ4n) is 1.84. The van der Waals surface area contributed by atoms with E-state index in [1.165, 1.54) is 13.8 Å². The molecule has 120 valence electrons. The van der Waals surface area contributed by atoms with Crippen molar-refractivity contribution < 1.29 is 19.5 Å². The van der Waals surface area contributed by atoms with E-state index in [0.717, 1.165) is 31.1 Å². The molecule has 0 aromatic carbocycles. The minimum atomic E-state index is -1.18. The lowest BCUT2D eigenvalue weighted by molar-refractivity contribution is -0.149. The molecule has 0 radical (unpaired) electrons. The Morgan fingerprint density at radius 2 is 1.86 bits per heavy atom. The maximum Gasteiger partial charge on any atom is 0.321 e. The van der Waals surface area contributed by atoms with Crippen molar-refractivity contribution in [1.82, 2.24) is 15.5 Å². The number of carbonyl (C=O) groups is 3. The number of nitrogens with zero attached hydrogens (tertiary/aromatic N) is 1. The highest BCUT2D eigenvalue weighted by Gasteiger charge is 2.30. The van der Waals surface area contributed by atoms with E-state index in [9.17, 15) is 14.4 Å². The molecule has 1 heterocycles. The molecule has 0 unspecified atom stereocenters. The second kappa shape index (κ2) is 8.23. The van der Waals surface area contributed by atoms with Crippen LogP contribution in [0.3, 0.4) is 0 Å². The van der Waals surface area contributed by atoms with Gasteiger partial charge in [0.2, 0.25) is 5.91 Å². The molecule has 0 aromatic rings. The number of rotatable bonds is 6. The summed E-state index contributed by atoms with van der Waals surface area (Å²) in [5, 5.41) is 13.7. The van der Waals surface area contributed by atoms with E-state index in [2.05, 4.69) is 15.5 Å². The zero-order valence-corrected chi connectivity index (χ0v) is 13.3. The van der Waals surface area contributed by atoms with Crippen LogP contribution in [0.5, 0.6) is 0 Å². The zero-order chi connectivity index (χ0) is 15.9. The van der Waals surface area contributed by atoms with Gasteiger partial charge in [0.1, 0.15) is 0 Å². The number of carboxylic acid groups (broad SMARTS) is 1. The van der Waals surface area contributed by atoms with Crippen molar-refractivity contribution >= 4 is 29.7 Å². The molecule has 0 spiro atoms. The molecule has 7 nitrogen and oxygen atoms in total. The Kier molecular flexibility index (Phi) is 6.97. The van der Waals surface area contributed by atoms with E-state index in [-0.39, 0.29) is 6.42 Å². The highest BCUT2D eigenvalue weighted by atomic mass is 32.2. The molecule has 3 N–H and O–H groups in total. The molecule has 3 amide bonds. The SMILES string of the molecule is CC(C)(CC(=O)NC(=O)NCCN1CCSCC1)C(=O)O. The summed E-state index contributed by atoms with van der Waals surface area (Å²) in [4.78, 5) is 36.3. The Morgan fingerprint density at radius 1 is 1.24 bits per heavy atom. The second-order valence-electron chi connectivity index (χ2n) is 5.62. The summed E-state index contributed by atoms with van der Waals surface area (Å²) in [7, 11) is 0. The molecule has 0 bridgehead atoms. The number of urea groups is 1. The molecule has 1 fully saturated rings.